The van der Waals surface area contributed by atoms with Gasteiger partial charge in [-0.1, -0.05) is 0 Å². The Morgan fingerprint density at radius 3 is 2.73 bits per heavy atom. The third-order valence-corrected chi connectivity index (χ3v) is 8.67. The van der Waals surface area contributed by atoms with Crippen LogP contribution >= 0.6 is 11.6 Å². The van der Waals surface area contributed by atoms with Crippen LogP contribution in [0, 0.1) is 5.92 Å². The van der Waals surface area contributed by atoms with E-state index in [0.29, 0.717) is 35.1 Å². The lowest BCUT2D eigenvalue weighted by molar-refractivity contribution is 0.310. The summed E-state index contributed by atoms with van der Waals surface area (Å²) in [5.41, 5.74) is 14.6. The van der Waals surface area contributed by atoms with Crippen LogP contribution in [0.4, 0.5) is 5.95 Å². The monoisotopic (exact) mass is 431 g/mol. The first-order valence-electron chi connectivity index (χ1n) is 11.3. The standard InChI is InChI=1S/C21H30ClN7O/c1-28-20(30)17-14(13-4-5-16-15(18(13)22)9-25-27-16)8-24-19(17)26-21(28)29-11-2-3-12(29)7-10(23)6-11/h8,10-13,15-16,18,24-25,27H,2-7,9,23H2,1H3/t10?,11-,12+,13?,15?,16?,18?. The van der Waals surface area contributed by atoms with Crippen LogP contribution in [0.1, 0.15) is 50.0 Å². The lowest BCUT2D eigenvalue weighted by Crippen LogP contribution is -2.49. The molecule has 2 aromatic rings. The minimum Gasteiger partial charge on any atom is -0.346 e. The molecule has 4 fully saturated rings. The first kappa shape index (κ1) is 19.1. The second-order valence-corrected chi connectivity index (χ2v) is 10.2. The van der Waals surface area contributed by atoms with Gasteiger partial charge in [-0.05, 0) is 44.1 Å². The van der Waals surface area contributed by atoms with Crippen LogP contribution < -0.4 is 27.0 Å². The van der Waals surface area contributed by atoms with E-state index in [1.165, 1.54) is 0 Å². The predicted octanol–water partition coefficient (Wildman–Crippen LogP) is 1.30. The number of hydrogen-bond acceptors (Lipinski definition) is 6. The summed E-state index contributed by atoms with van der Waals surface area (Å²) in [5.74, 6) is 1.31. The quantitative estimate of drug-likeness (QED) is 0.534. The summed E-state index contributed by atoms with van der Waals surface area (Å²) in [4.78, 5) is 24.2. The number of nitrogens with two attached hydrogens (primary N) is 1. The molecule has 8 nitrogen and oxygen atoms in total. The number of hydrogen-bond donors (Lipinski definition) is 4. The van der Waals surface area contributed by atoms with Gasteiger partial charge in [0.05, 0.1) is 5.39 Å². The maximum absolute atomic E-state index is 13.5. The third kappa shape index (κ3) is 2.70. The lowest BCUT2D eigenvalue weighted by atomic mass is 9.75. The van der Waals surface area contributed by atoms with Crippen LogP contribution in [0.25, 0.3) is 11.0 Å². The average molecular weight is 432 g/mol. The molecule has 5 unspecified atom stereocenters. The minimum atomic E-state index is -0.00550. The van der Waals surface area contributed by atoms with Crippen LogP contribution in [0.3, 0.4) is 0 Å². The molecule has 5 N–H and O–H groups in total. The summed E-state index contributed by atoms with van der Waals surface area (Å²) >= 11 is 6.94. The molecule has 0 spiro atoms. The van der Waals surface area contributed by atoms with Crippen molar-refractivity contribution in [1.82, 2.24) is 25.4 Å². The number of piperidine rings is 1. The predicted molar refractivity (Wildman–Crippen MR) is 118 cm³/mol. The largest absolute Gasteiger partial charge is 0.346 e. The number of alkyl halides is 1. The summed E-state index contributed by atoms with van der Waals surface area (Å²) in [6.45, 7) is 0.873. The Hall–Kier alpha value is -1.61. The van der Waals surface area contributed by atoms with Crippen molar-refractivity contribution in [1.29, 1.82) is 0 Å². The van der Waals surface area contributed by atoms with Gasteiger partial charge in [-0.2, -0.15) is 4.98 Å². The van der Waals surface area contributed by atoms with Crippen molar-refractivity contribution in [2.45, 2.75) is 74.0 Å². The van der Waals surface area contributed by atoms with Crippen molar-refractivity contribution in [2.75, 3.05) is 11.4 Å². The number of nitrogens with one attached hydrogen (secondary N) is 3. The van der Waals surface area contributed by atoms with Gasteiger partial charge in [0, 0.05) is 61.2 Å². The molecule has 4 aliphatic rings. The number of rotatable bonds is 2. The topological polar surface area (TPSA) is 104 Å². The summed E-state index contributed by atoms with van der Waals surface area (Å²) in [6.07, 6.45) is 8.20. The van der Waals surface area contributed by atoms with E-state index >= 15 is 0 Å². The molecule has 1 saturated carbocycles. The average Bonchev–Trinajstić information content (AvgIpc) is 3.42. The van der Waals surface area contributed by atoms with Gasteiger partial charge in [0.15, 0.2) is 0 Å². The highest BCUT2D eigenvalue weighted by Gasteiger charge is 2.44. The number of fused-ring (bicyclic) bond motifs is 4. The highest BCUT2D eigenvalue weighted by Crippen LogP contribution is 2.43. The number of aromatic amines is 1. The van der Waals surface area contributed by atoms with Gasteiger partial charge in [0.1, 0.15) is 5.65 Å². The zero-order valence-corrected chi connectivity index (χ0v) is 18.0. The van der Waals surface area contributed by atoms with E-state index < -0.39 is 0 Å². The molecule has 7 atom stereocenters. The lowest BCUT2D eigenvalue weighted by Gasteiger charge is -2.39. The van der Waals surface area contributed by atoms with Gasteiger partial charge in [-0.15, -0.1) is 11.6 Å². The summed E-state index contributed by atoms with van der Waals surface area (Å²) in [6, 6.07) is 1.44. The molecule has 0 aromatic carbocycles. The molecule has 0 amide bonds. The third-order valence-electron chi connectivity index (χ3n) is 8.04. The van der Waals surface area contributed by atoms with Crippen LogP contribution in [-0.2, 0) is 7.05 Å². The van der Waals surface area contributed by atoms with Gasteiger partial charge < -0.3 is 15.6 Å². The molecule has 0 radical (unpaired) electrons. The number of halogens is 1. The van der Waals surface area contributed by atoms with E-state index in [-0.39, 0.29) is 22.9 Å². The molecule has 6 rings (SSSR count). The molecule has 3 saturated heterocycles. The molecule has 1 aliphatic carbocycles. The van der Waals surface area contributed by atoms with Crippen molar-refractivity contribution >= 4 is 28.6 Å². The molecule has 162 valence electrons. The maximum Gasteiger partial charge on any atom is 0.264 e. The Kier molecular flexibility index (Phi) is 4.43. The van der Waals surface area contributed by atoms with Crippen molar-refractivity contribution in [2.24, 2.45) is 18.7 Å². The maximum atomic E-state index is 13.5. The van der Waals surface area contributed by atoms with E-state index in [2.05, 4.69) is 20.7 Å². The second kappa shape index (κ2) is 6.95. The number of anilines is 1. The van der Waals surface area contributed by atoms with Gasteiger partial charge in [0.2, 0.25) is 5.95 Å². The fraction of sp³-hybridized carbons (Fsp3) is 0.714. The molecule has 5 heterocycles. The van der Waals surface area contributed by atoms with Crippen LogP contribution in [-0.4, -0.2) is 50.6 Å². The normalized spacial score (nSPS) is 38.4. The van der Waals surface area contributed by atoms with Crippen molar-refractivity contribution in [3.8, 4) is 0 Å². The Morgan fingerprint density at radius 2 is 1.97 bits per heavy atom. The van der Waals surface area contributed by atoms with E-state index in [0.717, 1.165) is 56.6 Å². The Morgan fingerprint density at radius 1 is 1.20 bits per heavy atom. The van der Waals surface area contributed by atoms with Crippen LogP contribution in [0.2, 0.25) is 0 Å². The number of nitrogens with zero attached hydrogens (tertiary/aromatic N) is 3. The molecule has 9 heteroatoms. The van der Waals surface area contributed by atoms with Gasteiger partial charge in [-0.3, -0.25) is 20.2 Å². The zero-order chi connectivity index (χ0) is 20.6. The van der Waals surface area contributed by atoms with Crippen molar-refractivity contribution in [3.05, 3.63) is 22.1 Å². The fourth-order valence-electron chi connectivity index (χ4n) is 6.56. The Balaban J connectivity index is 1.40. The number of H-pyrrole nitrogens is 1. The van der Waals surface area contributed by atoms with Gasteiger partial charge >= 0.3 is 0 Å². The van der Waals surface area contributed by atoms with E-state index in [1.54, 1.807) is 4.57 Å². The van der Waals surface area contributed by atoms with E-state index in [1.807, 2.05) is 13.2 Å². The van der Waals surface area contributed by atoms with E-state index in [4.69, 9.17) is 22.3 Å². The zero-order valence-electron chi connectivity index (χ0n) is 17.3. The molecule has 30 heavy (non-hydrogen) atoms. The highest BCUT2D eigenvalue weighted by molar-refractivity contribution is 6.21. The molecule has 2 aromatic heterocycles. The molecular formula is C21H30ClN7O. The number of aromatic nitrogens is 3. The smallest absolute Gasteiger partial charge is 0.264 e. The second-order valence-electron chi connectivity index (χ2n) is 9.69. The minimum absolute atomic E-state index is 0.00550. The summed E-state index contributed by atoms with van der Waals surface area (Å²) in [7, 11) is 1.86. The first-order chi connectivity index (χ1) is 14.5. The fourth-order valence-corrected chi connectivity index (χ4v) is 7.09. The van der Waals surface area contributed by atoms with Gasteiger partial charge in [0.25, 0.3) is 5.56 Å². The summed E-state index contributed by atoms with van der Waals surface area (Å²) in [5, 5.41) is 0.699. The SMILES string of the molecule is Cn1c(N2[C@@H]3CC[C@H]2CC(N)C3)nc2[nH]cc(C3CCC4NNCC4C3Cl)c2c1=O. The Labute approximate surface area is 180 Å². The first-order valence-corrected chi connectivity index (χ1v) is 11.7. The van der Waals surface area contributed by atoms with Crippen LogP contribution in [0.15, 0.2) is 11.0 Å². The Bertz CT molecular complexity index is 1020. The molecule has 2 bridgehead atoms. The van der Waals surface area contributed by atoms with E-state index in [9.17, 15) is 4.79 Å². The van der Waals surface area contributed by atoms with Crippen molar-refractivity contribution in [3.63, 3.8) is 0 Å². The molecule has 3 aliphatic heterocycles. The summed E-state index contributed by atoms with van der Waals surface area (Å²) < 4.78 is 1.75. The van der Waals surface area contributed by atoms with Gasteiger partial charge in [-0.25, -0.2) is 0 Å². The number of hydrazine groups is 1. The molecular weight excluding hydrogens is 402 g/mol. The van der Waals surface area contributed by atoms with Crippen molar-refractivity contribution < 1.29 is 0 Å². The van der Waals surface area contributed by atoms with Crippen LogP contribution in [0.5, 0.6) is 0 Å². The highest BCUT2D eigenvalue weighted by atomic mass is 35.5.